The topological polar surface area (TPSA) is 56.8 Å². The molecular weight excluding hydrogens is 342 g/mol. The number of fused-ring (bicyclic) bond motifs is 3. The van der Waals surface area contributed by atoms with E-state index in [-0.39, 0.29) is 17.6 Å². The molecular formula is C22H25NO4. The second-order valence-electron chi connectivity index (χ2n) is 8.08. The SMILES string of the molecule is COC(=O)[C@@H]1C[C@@]2(CCc3c(c(C4CC4)cc4ccc(OC)cc34)O2)CN1. The molecule has 2 aromatic carbocycles. The molecule has 5 heteroatoms. The van der Waals surface area contributed by atoms with Gasteiger partial charge in [0.2, 0.25) is 0 Å². The molecule has 142 valence electrons. The zero-order chi connectivity index (χ0) is 18.6. The van der Waals surface area contributed by atoms with Crippen molar-refractivity contribution in [2.45, 2.75) is 49.7 Å². The van der Waals surface area contributed by atoms with Crippen LogP contribution in [-0.4, -0.2) is 38.4 Å². The number of hydrogen-bond donors (Lipinski definition) is 1. The van der Waals surface area contributed by atoms with Gasteiger partial charge in [0, 0.05) is 18.5 Å². The largest absolute Gasteiger partial charge is 0.497 e. The van der Waals surface area contributed by atoms with Crippen LogP contribution in [0.2, 0.25) is 0 Å². The zero-order valence-electron chi connectivity index (χ0n) is 15.8. The molecule has 0 unspecified atom stereocenters. The minimum atomic E-state index is -0.317. The van der Waals surface area contributed by atoms with Gasteiger partial charge >= 0.3 is 5.97 Å². The van der Waals surface area contributed by atoms with Crippen molar-refractivity contribution in [1.29, 1.82) is 0 Å². The van der Waals surface area contributed by atoms with Crippen molar-refractivity contribution in [3.63, 3.8) is 0 Å². The smallest absolute Gasteiger partial charge is 0.323 e. The normalized spacial score (nSPS) is 26.7. The molecule has 2 aromatic rings. The Kier molecular flexibility index (Phi) is 3.83. The van der Waals surface area contributed by atoms with E-state index in [0.717, 1.165) is 24.3 Å². The van der Waals surface area contributed by atoms with Crippen LogP contribution in [0, 0.1) is 0 Å². The highest BCUT2D eigenvalue weighted by molar-refractivity contribution is 5.91. The summed E-state index contributed by atoms with van der Waals surface area (Å²) >= 11 is 0. The summed E-state index contributed by atoms with van der Waals surface area (Å²) in [7, 11) is 3.14. The highest BCUT2D eigenvalue weighted by atomic mass is 16.5. The Morgan fingerprint density at radius 2 is 2.11 bits per heavy atom. The summed E-state index contributed by atoms with van der Waals surface area (Å²) in [6.45, 7) is 0.687. The van der Waals surface area contributed by atoms with Crippen LogP contribution in [-0.2, 0) is 16.0 Å². The number of ether oxygens (including phenoxy) is 3. The lowest BCUT2D eigenvalue weighted by atomic mass is 9.85. The van der Waals surface area contributed by atoms with E-state index in [1.165, 1.54) is 41.9 Å². The highest BCUT2D eigenvalue weighted by Crippen LogP contribution is 2.51. The summed E-state index contributed by atoms with van der Waals surface area (Å²) in [4.78, 5) is 12.0. The third kappa shape index (κ3) is 2.76. The van der Waals surface area contributed by atoms with Crippen LogP contribution in [0.5, 0.6) is 11.5 Å². The van der Waals surface area contributed by atoms with E-state index in [4.69, 9.17) is 14.2 Å². The molecule has 5 nitrogen and oxygen atoms in total. The lowest BCUT2D eigenvalue weighted by molar-refractivity contribution is -0.143. The summed E-state index contributed by atoms with van der Waals surface area (Å²) in [5.41, 5.74) is 2.31. The maximum absolute atomic E-state index is 12.0. The number of methoxy groups -OCH3 is 2. The number of carbonyl (C=O) groups is 1. The zero-order valence-corrected chi connectivity index (χ0v) is 15.8. The number of hydrogen-bond acceptors (Lipinski definition) is 5. The molecule has 0 bridgehead atoms. The quantitative estimate of drug-likeness (QED) is 0.844. The third-order valence-electron chi connectivity index (χ3n) is 6.33. The predicted molar refractivity (Wildman–Crippen MR) is 103 cm³/mol. The average molecular weight is 367 g/mol. The molecule has 2 heterocycles. The molecule has 1 spiro atoms. The van der Waals surface area contributed by atoms with E-state index in [0.29, 0.717) is 18.9 Å². The molecule has 5 rings (SSSR count). The van der Waals surface area contributed by atoms with E-state index in [2.05, 4.69) is 23.5 Å². The maximum atomic E-state index is 12.0. The Hall–Kier alpha value is -2.27. The molecule has 2 aliphatic heterocycles. The van der Waals surface area contributed by atoms with Gasteiger partial charge in [-0.1, -0.05) is 6.07 Å². The Balaban J connectivity index is 1.57. The van der Waals surface area contributed by atoms with Crippen LogP contribution in [0.3, 0.4) is 0 Å². The standard InChI is InChI=1S/C22H25NO4/c1-25-15-6-5-14-9-18(13-3-4-13)20-16(17(14)10-15)7-8-22(27-20)11-19(23-12-22)21(24)26-2/h5-6,9-10,13,19,23H,3-4,7-8,11-12H2,1-2H3/t19-,22-/m0/s1. The number of aryl methyl sites for hydroxylation is 1. The average Bonchev–Trinajstić information content (AvgIpc) is 3.47. The molecule has 1 saturated carbocycles. The number of carbonyl (C=O) groups excluding carboxylic acids is 1. The number of benzene rings is 2. The fourth-order valence-electron chi connectivity index (χ4n) is 4.67. The van der Waals surface area contributed by atoms with E-state index < -0.39 is 0 Å². The van der Waals surface area contributed by atoms with Crippen LogP contribution >= 0.6 is 0 Å². The molecule has 27 heavy (non-hydrogen) atoms. The van der Waals surface area contributed by atoms with Crippen LogP contribution in [0.25, 0.3) is 10.8 Å². The number of rotatable bonds is 3. The Morgan fingerprint density at radius 3 is 2.85 bits per heavy atom. The van der Waals surface area contributed by atoms with Crippen molar-refractivity contribution in [1.82, 2.24) is 5.32 Å². The molecule has 3 aliphatic rings. The van der Waals surface area contributed by atoms with Crippen LogP contribution < -0.4 is 14.8 Å². The molecule has 1 N–H and O–H groups in total. The van der Waals surface area contributed by atoms with Gasteiger partial charge in [-0.15, -0.1) is 0 Å². The predicted octanol–water partition coefficient (Wildman–Crippen LogP) is 3.32. The van der Waals surface area contributed by atoms with E-state index >= 15 is 0 Å². The Labute approximate surface area is 159 Å². The molecule has 1 aliphatic carbocycles. The van der Waals surface area contributed by atoms with Crippen molar-refractivity contribution in [3.05, 3.63) is 35.4 Å². The summed E-state index contributed by atoms with van der Waals surface area (Å²) < 4.78 is 17.1. The van der Waals surface area contributed by atoms with Gasteiger partial charge in [-0.3, -0.25) is 4.79 Å². The fraction of sp³-hybridized carbons (Fsp3) is 0.500. The lowest BCUT2D eigenvalue weighted by Gasteiger charge is -2.37. The first-order valence-corrected chi connectivity index (χ1v) is 9.76. The van der Waals surface area contributed by atoms with Gasteiger partial charge in [-0.25, -0.2) is 0 Å². The number of esters is 1. The summed E-state index contributed by atoms with van der Waals surface area (Å²) in [5.74, 6) is 2.33. The summed E-state index contributed by atoms with van der Waals surface area (Å²) in [6, 6.07) is 8.32. The molecule has 2 atom stereocenters. The van der Waals surface area contributed by atoms with Gasteiger partial charge in [0.1, 0.15) is 23.1 Å². The molecule has 0 amide bonds. The third-order valence-corrected chi connectivity index (χ3v) is 6.33. The summed E-state index contributed by atoms with van der Waals surface area (Å²) in [6.07, 6.45) is 4.98. The lowest BCUT2D eigenvalue weighted by Crippen LogP contribution is -2.42. The Bertz CT molecular complexity index is 920. The summed E-state index contributed by atoms with van der Waals surface area (Å²) in [5, 5.41) is 5.78. The van der Waals surface area contributed by atoms with E-state index in [1.807, 2.05) is 6.07 Å². The van der Waals surface area contributed by atoms with Gasteiger partial charge < -0.3 is 19.5 Å². The van der Waals surface area contributed by atoms with Crippen molar-refractivity contribution in [3.8, 4) is 11.5 Å². The van der Waals surface area contributed by atoms with Crippen molar-refractivity contribution >= 4 is 16.7 Å². The van der Waals surface area contributed by atoms with Gasteiger partial charge in [-0.05, 0) is 66.1 Å². The van der Waals surface area contributed by atoms with Crippen LogP contribution in [0.1, 0.15) is 42.7 Å². The Morgan fingerprint density at radius 1 is 1.26 bits per heavy atom. The molecule has 0 radical (unpaired) electrons. The first kappa shape index (κ1) is 16.9. The second-order valence-corrected chi connectivity index (χ2v) is 8.08. The first-order valence-electron chi connectivity index (χ1n) is 9.76. The van der Waals surface area contributed by atoms with Crippen molar-refractivity contribution in [2.24, 2.45) is 0 Å². The molecule has 2 fully saturated rings. The molecule has 0 aromatic heterocycles. The second kappa shape index (κ2) is 6.13. The van der Waals surface area contributed by atoms with Gasteiger partial charge in [0.25, 0.3) is 0 Å². The molecule has 1 saturated heterocycles. The minimum Gasteiger partial charge on any atom is -0.497 e. The van der Waals surface area contributed by atoms with Gasteiger partial charge in [0.15, 0.2) is 0 Å². The first-order chi connectivity index (χ1) is 13.1. The highest BCUT2D eigenvalue weighted by Gasteiger charge is 2.47. The number of nitrogens with one attached hydrogen (secondary N) is 1. The van der Waals surface area contributed by atoms with Crippen molar-refractivity contribution in [2.75, 3.05) is 20.8 Å². The van der Waals surface area contributed by atoms with Crippen LogP contribution in [0.4, 0.5) is 0 Å². The van der Waals surface area contributed by atoms with Gasteiger partial charge in [-0.2, -0.15) is 0 Å². The van der Waals surface area contributed by atoms with E-state index in [1.54, 1.807) is 7.11 Å². The van der Waals surface area contributed by atoms with Gasteiger partial charge in [0.05, 0.1) is 14.2 Å². The fourth-order valence-corrected chi connectivity index (χ4v) is 4.67. The van der Waals surface area contributed by atoms with Crippen LogP contribution in [0.15, 0.2) is 24.3 Å². The van der Waals surface area contributed by atoms with E-state index in [9.17, 15) is 4.79 Å². The minimum absolute atomic E-state index is 0.202. The maximum Gasteiger partial charge on any atom is 0.323 e. The monoisotopic (exact) mass is 367 g/mol. The van der Waals surface area contributed by atoms with Crippen molar-refractivity contribution < 1.29 is 19.0 Å².